The van der Waals surface area contributed by atoms with Crippen LogP contribution in [0.4, 0.5) is 0 Å². The summed E-state index contributed by atoms with van der Waals surface area (Å²) in [6.07, 6.45) is 3.09. The first-order valence-electron chi connectivity index (χ1n) is 9.30. The second-order valence-electron chi connectivity index (χ2n) is 7.43. The number of nitriles is 1. The number of rotatable bonds is 4. The van der Waals surface area contributed by atoms with Crippen molar-refractivity contribution in [3.8, 4) is 6.07 Å². The minimum Gasteiger partial charge on any atom is -0.369 e. The molecule has 1 aromatic rings. The summed E-state index contributed by atoms with van der Waals surface area (Å²) < 4.78 is 0. The summed E-state index contributed by atoms with van der Waals surface area (Å²) in [4.78, 5) is 27.9. The molecule has 138 valence electrons. The van der Waals surface area contributed by atoms with Crippen molar-refractivity contribution in [3.63, 3.8) is 0 Å². The summed E-state index contributed by atoms with van der Waals surface area (Å²) in [5.74, 6) is -0.272. The minimum absolute atomic E-state index is 0.0746. The van der Waals surface area contributed by atoms with Crippen LogP contribution in [0.5, 0.6) is 0 Å². The topological polar surface area (TPSA) is 90.4 Å². The predicted molar refractivity (Wildman–Crippen MR) is 97.9 cm³/mol. The molecule has 0 saturated carbocycles. The maximum Gasteiger partial charge on any atom is 0.231 e. The quantitative estimate of drug-likeness (QED) is 0.881. The minimum atomic E-state index is -0.497. The zero-order chi connectivity index (χ0) is 18.6. The number of hydrogen-bond acceptors (Lipinski definition) is 4. The Labute approximate surface area is 154 Å². The molecule has 3 rings (SSSR count). The SMILES string of the molecule is N#CC1(c2ccccc2)CCN(C(=O)C2CCCN(CC(N)=O)C2)CC1. The van der Waals surface area contributed by atoms with Crippen molar-refractivity contribution < 1.29 is 9.59 Å². The summed E-state index contributed by atoms with van der Waals surface area (Å²) in [6, 6.07) is 12.4. The van der Waals surface area contributed by atoms with Gasteiger partial charge in [0.1, 0.15) is 0 Å². The fourth-order valence-corrected chi connectivity index (χ4v) is 4.21. The van der Waals surface area contributed by atoms with Crippen molar-refractivity contribution >= 4 is 11.8 Å². The lowest BCUT2D eigenvalue weighted by Gasteiger charge is -2.40. The van der Waals surface area contributed by atoms with E-state index in [1.54, 1.807) is 0 Å². The van der Waals surface area contributed by atoms with Gasteiger partial charge < -0.3 is 10.6 Å². The van der Waals surface area contributed by atoms with E-state index < -0.39 is 5.41 Å². The third kappa shape index (κ3) is 3.88. The lowest BCUT2D eigenvalue weighted by atomic mass is 9.74. The van der Waals surface area contributed by atoms with Gasteiger partial charge in [-0.2, -0.15) is 5.26 Å². The molecule has 2 fully saturated rings. The third-order valence-electron chi connectivity index (χ3n) is 5.70. The van der Waals surface area contributed by atoms with E-state index >= 15 is 0 Å². The Balaban J connectivity index is 1.61. The maximum absolute atomic E-state index is 12.9. The van der Waals surface area contributed by atoms with Crippen LogP contribution in [0.25, 0.3) is 0 Å². The Bertz CT molecular complexity index is 690. The Hall–Kier alpha value is -2.39. The van der Waals surface area contributed by atoms with Gasteiger partial charge in [-0.25, -0.2) is 0 Å². The summed E-state index contributed by atoms with van der Waals surface area (Å²) in [6.45, 7) is 2.84. The van der Waals surface area contributed by atoms with Crippen LogP contribution in [0.15, 0.2) is 30.3 Å². The number of piperidine rings is 2. The lowest BCUT2D eigenvalue weighted by molar-refractivity contribution is -0.139. The Morgan fingerprint density at radius 1 is 1.19 bits per heavy atom. The average Bonchev–Trinajstić information content (AvgIpc) is 2.68. The molecule has 2 N–H and O–H groups in total. The average molecular weight is 354 g/mol. The zero-order valence-electron chi connectivity index (χ0n) is 15.1. The molecule has 2 aliphatic rings. The monoisotopic (exact) mass is 354 g/mol. The second-order valence-corrected chi connectivity index (χ2v) is 7.43. The number of nitrogens with two attached hydrogens (primary N) is 1. The van der Waals surface area contributed by atoms with Gasteiger partial charge in [-0.05, 0) is 37.8 Å². The number of carbonyl (C=O) groups is 2. The Morgan fingerprint density at radius 2 is 1.88 bits per heavy atom. The molecular formula is C20H26N4O2. The zero-order valence-corrected chi connectivity index (χ0v) is 15.1. The molecule has 2 aliphatic heterocycles. The largest absolute Gasteiger partial charge is 0.369 e. The molecule has 2 amide bonds. The molecule has 0 bridgehead atoms. The number of likely N-dealkylation sites (tertiary alicyclic amines) is 2. The summed E-state index contributed by atoms with van der Waals surface area (Å²) in [7, 11) is 0. The van der Waals surface area contributed by atoms with Gasteiger partial charge in [0.15, 0.2) is 0 Å². The van der Waals surface area contributed by atoms with E-state index in [1.807, 2.05) is 40.1 Å². The van der Waals surface area contributed by atoms with Crippen LogP contribution in [-0.2, 0) is 15.0 Å². The fraction of sp³-hybridized carbons (Fsp3) is 0.550. The first kappa shape index (κ1) is 18.4. The van der Waals surface area contributed by atoms with Gasteiger partial charge in [-0.15, -0.1) is 0 Å². The smallest absolute Gasteiger partial charge is 0.231 e. The molecule has 1 unspecified atom stereocenters. The first-order valence-corrected chi connectivity index (χ1v) is 9.30. The molecule has 6 nitrogen and oxygen atoms in total. The highest BCUT2D eigenvalue weighted by molar-refractivity contribution is 5.80. The number of nitrogens with zero attached hydrogens (tertiary/aromatic N) is 3. The number of hydrogen-bond donors (Lipinski definition) is 1. The van der Waals surface area contributed by atoms with Crippen molar-refractivity contribution in [1.82, 2.24) is 9.80 Å². The van der Waals surface area contributed by atoms with E-state index in [1.165, 1.54) is 0 Å². The number of carbonyl (C=O) groups excluding carboxylic acids is 2. The summed E-state index contributed by atoms with van der Waals surface area (Å²) in [5.41, 5.74) is 5.83. The van der Waals surface area contributed by atoms with E-state index in [2.05, 4.69) is 6.07 Å². The molecule has 2 saturated heterocycles. The van der Waals surface area contributed by atoms with Crippen molar-refractivity contribution in [2.24, 2.45) is 11.7 Å². The van der Waals surface area contributed by atoms with Gasteiger partial charge in [0.05, 0.1) is 23.9 Å². The van der Waals surface area contributed by atoms with Crippen LogP contribution < -0.4 is 5.73 Å². The van der Waals surface area contributed by atoms with Crippen molar-refractivity contribution in [2.75, 3.05) is 32.7 Å². The molecule has 26 heavy (non-hydrogen) atoms. The van der Waals surface area contributed by atoms with Gasteiger partial charge in [-0.1, -0.05) is 30.3 Å². The van der Waals surface area contributed by atoms with Gasteiger partial charge in [0.25, 0.3) is 0 Å². The van der Waals surface area contributed by atoms with Gasteiger partial charge in [-0.3, -0.25) is 14.5 Å². The van der Waals surface area contributed by atoms with E-state index in [0.29, 0.717) is 32.5 Å². The van der Waals surface area contributed by atoms with Crippen LogP contribution in [0.1, 0.15) is 31.2 Å². The van der Waals surface area contributed by atoms with E-state index in [-0.39, 0.29) is 24.3 Å². The van der Waals surface area contributed by atoms with Gasteiger partial charge >= 0.3 is 0 Å². The van der Waals surface area contributed by atoms with Crippen LogP contribution in [0, 0.1) is 17.2 Å². The number of primary amides is 1. The standard InChI is InChI=1S/C20H26N4O2/c21-15-20(17-6-2-1-3-7-17)8-11-24(12-9-20)19(26)16-5-4-10-23(13-16)14-18(22)25/h1-3,6-7,16H,4-5,8-14H2,(H2,22,25). The van der Waals surface area contributed by atoms with Crippen molar-refractivity contribution in [3.05, 3.63) is 35.9 Å². The molecular weight excluding hydrogens is 328 g/mol. The molecule has 0 radical (unpaired) electrons. The summed E-state index contributed by atoms with van der Waals surface area (Å²) in [5, 5.41) is 9.78. The highest BCUT2D eigenvalue weighted by Crippen LogP contribution is 2.35. The molecule has 1 atom stereocenters. The molecule has 2 heterocycles. The number of amides is 2. The molecule has 0 aromatic heterocycles. The van der Waals surface area contributed by atoms with Crippen LogP contribution in [-0.4, -0.2) is 54.3 Å². The van der Waals surface area contributed by atoms with Gasteiger partial charge in [0, 0.05) is 19.6 Å². The van der Waals surface area contributed by atoms with Crippen LogP contribution >= 0.6 is 0 Å². The maximum atomic E-state index is 12.9. The normalized spacial score (nSPS) is 23.2. The highest BCUT2D eigenvalue weighted by Gasteiger charge is 2.39. The van der Waals surface area contributed by atoms with E-state index in [9.17, 15) is 14.9 Å². The number of benzene rings is 1. The Morgan fingerprint density at radius 3 is 2.50 bits per heavy atom. The second kappa shape index (κ2) is 7.88. The highest BCUT2D eigenvalue weighted by atomic mass is 16.2. The molecule has 0 aliphatic carbocycles. The van der Waals surface area contributed by atoms with Crippen LogP contribution in [0.2, 0.25) is 0 Å². The fourth-order valence-electron chi connectivity index (χ4n) is 4.21. The first-order chi connectivity index (χ1) is 12.5. The van der Waals surface area contributed by atoms with E-state index in [0.717, 1.165) is 24.9 Å². The van der Waals surface area contributed by atoms with Crippen molar-refractivity contribution in [1.29, 1.82) is 5.26 Å². The molecule has 0 spiro atoms. The van der Waals surface area contributed by atoms with Crippen molar-refractivity contribution in [2.45, 2.75) is 31.1 Å². The summed E-state index contributed by atoms with van der Waals surface area (Å²) >= 11 is 0. The lowest BCUT2D eigenvalue weighted by Crippen LogP contribution is -2.50. The molecule has 6 heteroatoms. The third-order valence-corrected chi connectivity index (χ3v) is 5.70. The van der Waals surface area contributed by atoms with Gasteiger partial charge in [0.2, 0.25) is 11.8 Å². The molecule has 1 aromatic carbocycles. The van der Waals surface area contributed by atoms with E-state index in [4.69, 9.17) is 5.73 Å². The Kier molecular flexibility index (Phi) is 5.58. The predicted octanol–water partition coefficient (Wildman–Crippen LogP) is 1.27. The van der Waals surface area contributed by atoms with Crippen LogP contribution in [0.3, 0.4) is 0 Å².